The van der Waals surface area contributed by atoms with E-state index in [1.807, 2.05) is 45.0 Å². The van der Waals surface area contributed by atoms with Crippen molar-refractivity contribution in [2.75, 3.05) is 5.75 Å². The highest BCUT2D eigenvalue weighted by Crippen LogP contribution is 2.25. The van der Waals surface area contributed by atoms with Crippen LogP contribution in [0.5, 0.6) is 5.75 Å². The van der Waals surface area contributed by atoms with Crippen LogP contribution in [0.3, 0.4) is 0 Å². The minimum Gasteiger partial charge on any atom is -0.491 e. The molecular formula is C21H33NO4S. The summed E-state index contributed by atoms with van der Waals surface area (Å²) in [7, 11) is -3.13. The summed E-state index contributed by atoms with van der Waals surface area (Å²) in [6.45, 7) is 5.95. The third kappa shape index (κ3) is 7.53. The number of amides is 1. The number of carbonyl (C=O) groups is 1. The Hall–Kier alpha value is -1.56. The van der Waals surface area contributed by atoms with Crippen LogP contribution in [0.1, 0.15) is 64.9 Å². The Kier molecular flexibility index (Phi) is 8.14. The molecule has 0 aromatic heterocycles. The lowest BCUT2D eigenvalue weighted by Crippen LogP contribution is -2.34. The minimum atomic E-state index is -3.13. The third-order valence-electron chi connectivity index (χ3n) is 4.99. The first-order chi connectivity index (χ1) is 12.8. The molecule has 0 saturated heterocycles. The molecule has 1 atom stereocenters. The second-order valence-corrected chi connectivity index (χ2v) is 10.2. The van der Waals surface area contributed by atoms with Crippen molar-refractivity contribution in [2.45, 2.75) is 83.1 Å². The van der Waals surface area contributed by atoms with Gasteiger partial charge in [0.15, 0.2) is 9.84 Å². The van der Waals surface area contributed by atoms with Crippen molar-refractivity contribution >= 4 is 15.7 Å². The van der Waals surface area contributed by atoms with Gasteiger partial charge in [-0.15, -0.1) is 0 Å². The maximum Gasteiger partial charge on any atom is 0.221 e. The molecule has 1 unspecified atom stereocenters. The van der Waals surface area contributed by atoms with Crippen LogP contribution in [0.2, 0.25) is 0 Å². The van der Waals surface area contributed by atoms with Crippen LogP contribution in [0.25, 0.3) is 0 Å². The molecule has 6 heteroatoms. The molecule has 1 amide bonds. The number of benzene rings is 1. The van der Waals surface area contributed by atoms with Gasteiger partial charge >= 0.3 is 0 Å². The van der Waals surface area contributed by atoms with Gasteiger partial charge in [0.25, 0.3) is 0 Å². The molecule has 0 spiro atoms. The van der Waals surface area contributed by atoms with Gasteiger partial charge < -0.3 is 10.1 Å². The number of aryl methyl sites for hydroxylation is 1. The molecule has 1 aromatic carbocycles. The van der Waals surface area contributed by atoms with E-state index in [1.165, 1.54) is 5.56 Å². The zero-order valence-electron chi connectivity index (χ0n) is 16.7. The standard InChI is InChI=1S/C21H33NO4S/c1-16(2)26-19-12-10-18(11-13-19)9-8-17(3)22-21(23)14-15-27(24,25)20-6-4-5-7-20/h10-13,16-17,20H,4-9,14-15H2,1-3H3,(H,22,23). The first kappa shape index (κ1) is 21.7. The minimum absolute atomic E-state index is 0.0123. The van der Waals surface area contributed by atoms with E-state index >= 15 is 0 Å². The molecule has 1 fully saturated rings. The fourth-order valence-electron chi connectivity index (χ4n) is 3.46. The summed E-state index contributed by atoms with van der Waals surface area (Å²) in [5, 5.41) is 2.69. The SMILES string of the molecule is CC(CCc1ccc(OC(C)C)cc1)NC(=O)CCS(=O)(=O)C1CCCC1. The molecule has 5 nitrogen and oxygen atoms in total. The predicted octanol–water partition coefficient (Wildman–Crippen LogP) is 3.66. The van der Waals surface area contributed by atoms with E-state index in [4.69, 9.17) is 4.74 Å². The Labute approximate surface area is 163 Å². The van der Waals surface area contributed by atoms with Gasteiger partial charge in [-0.3, -0.25) is 4.79 Å². The topological polar surface area (TPSA) is 72.5 Å². The zero-order valence-corrected chi connectivity index (χ0v) is 17.6. The molecule has 1 aromatic rings. The summed E-state index contributed by atoms with van der Waals surface area (Å²) < 4.78 is 30.1. The first-order valence-corrected chi connectivity index (χ1v) is 11.7. The molecule has 2 rings (SSSR count). The van der Waals surface area contributed by atoms with Crippen molar-refractivity contribution in [3.8, 4) is 5.75 Å². The van der Waals surface area contributed by atoms with Gasteiger partial charge in [-0.05, 0) is 64.2 Å². The summed E-state index contributed by atoms with van der Waals surface area (Å²) in [5.41, 5.74) is 1.19. The lowest BCUT2D eigenvalue weighted by molar-refractivity contribution is -0.121. The van der Waals surface area contributed by atoms with E-state index in [9.17, 15) is 13.2 Å². The third-order valence-corrected chi connectivity index (χ3v) is 7.25. The number of hydrogen-bond donors (Lipinski definition) is 1. The second kappa shape index (κ2) is 10.1. The number of carbonyl (C=O) groups excluding carboxylic acids is 1. The van der Waals surface area contributed by atoms with Crippen molar-refractivity contribution in [3.05, 3.63) is 29.8 Å². The molecule has 27 heavy (non-hydrogen) atoms. The van der Waals surface area contributed by atoms with Crippen molar-refractivity contribution in [3.63, 3.8) is 0 Å². The van der Waals surface area contributed by atoms with Crippen LogP contribution in [-0.4, -0.2) is 37.5 Å². The summed E-state index contributed by atoms with van der Waals surface area (Å²) >= 11 is 0. The number of nitrogens with one attached hydrogen (secondary N) is 1. The maximum absolute atomic E-state index is 12.2. The van der Waals surface area contributed by atoms with Gasteiger partial charge in [0.1, 0.15) is 5.75 Å². The molecule has 152 valence electrons. The van der Waals surface area contributed by atoms with Crippen LogP contribution in [0.4, 0.5) is 0 Å². The van der Waals surface area contributed by atoms with E-state index in [0.717, 1.165) is 44.3 Å². The molecule has 0 aliphatic heterocycles. The van der Waals surface area contributed by atoms with Gasteiger partial charge in [-0.1, -0.05) is 25.0 Å². The molecular weight excluding hydrogens is 362 g/mol. The van der Waals surface area contributed by atoms with Gasteiger partial charge in [0.2, 0.25) is 5.91 Å². The Morgan fingerprint density at radius 3 is 2.37 bits per heavy atom. The van der Waals surface area contributed by atoms with Crippen LogP contribution in [0, 0.1) is 0 Å². The van der Waals surface area contributed by atoms with E-state index < -0.39 is 9.84 Å². The van der Waals surface area contributed by atoms with Gasteiger partial charge in [-0.25, -0.2) is 8.42 Å². The maximum atomic E-state index is 12.2. The average Bonchev–Trinajstić information content (AvgIpc) is 3.15. The Morgan fingerprint density at radius 1 is 1.15 bits per heavy atom. The molecule has 1 saturated carbocycles. The van der Waals surface area contributed by atoms with Gasteiger partial charge in [0.05, 0.1) is 17.1 Å². The highest BCUT2D eigenvalue weighted by molar-refractivity contribution is 7.92. The Bertz CT molecular complexity index is 691. The fourth-order valence-corrected chi connectivity index (χ4v) is 5.31. The fraction of sp³-hybridized carbons (Fsp3) is 0.667. The zero-order chi connectivity index (χ0) is 19.9. The average molecular weight is 396 g/mol. The largest absolute Gasteiger partial charge is 0.491 e. The molecule has 0 radical (unpaired) electrons. The normalized spacial score (nSPS) is 16.4. The first-order valence-electron chi connectivity index (χ1n) is 10.0. The molecule has 0 heterocycles. The van der Waals surface area contributed by atoms with Crippen LogP contribution in [-0.2, 0) is 21.1 Å². The van der Waals surface area contributed by atoms with Crippen LogP contribution < -0.4 is 10.1 Å². The van der Waals surface area contributed by atoms with Crippen molar-refractivity contribution in [1.82, 2.24) is 5.32 Å². The van der Waals surface area contributed by atoms with Gasteiger partial charge in [-0.2, -0.15) is 0 Å². The lowest BCUT2D eigenvalue weighted by atomic mass is 10.1. The highest BCUT2D eigenvalue weighted by Gasteiger charge is 2.28. The summed E-state index contributed by atoms with van der Waals surface area (Å²) in [6.07, 6.45) is 5.35. The predicted molar refractivity (Wildman–Crippen MR) is 109 cm³/mol. The number of rotatable bonds is 10. The van der Waals surface area contributed by atoms with Crippen molar-refractivity contribution < 1.29 is 17.9 Å². The monoisotopic (exact) mass is 395 g/mol. The number of ether oxygens (including phenoxy) is 1. The summed E-state index contributed by atoms with van der Waals surface area (Å²) in [4.78, 5) is 12.1. The highest BCUT2D eigenvalue weighted by atomic mass is 32.2. The molecule has 1 aliphatic carbocycles. The Morgan fingerprint density at radius 2 is 1.78 bits per heavy atom. The van der Waals surface area contributed by atoms with Crippen LogP contribution in [0.15, 0.2) is 24.3 Å². The molecule has 0 bridgehead atoms. The summed E-state index contributed by atoms with van der Waals surface area (Å²) in [6, 6.07) is 8.03. The Balaban J connectivity index is 1.70. The van der Waals surface area contributed by atoms with Crippen molar-refractivity contribution in [1.29, 1.82) is 0 Å². The summed E-state index contributed by atoms with van der Waals surface area (Å²) in [5.74, 6) is 0.649. The molecule has 1 aliphatic rings. The van der Waals surface area contributed by atoms with E-state index in [1.54, 1.807) is 0 Å². The molecule has 1 N–H and O–H groups in total. The second-order valence-electron chi connectivity index (χ2n) is 7.84. The van der Waals surface area contributed by atoms with E-state index in [2.05, 4.69) is 5.32 Å². The van der Waals surface area contributed by atoms with Crippen LogP contribution >= 0.6 is 0 Å². The lowest BCUT2D eigenvalue weighted by Gasteiger charge is -2.15. The van der Waals surface area contributed by atoms with E-state index in [0.29, 0.717) is 0 Å². The van der Waals surface area contributed by atoms with Crippen molar-refractivity contribution in [2.24, 2.45) is 0 Å². The smallest absolute Gasteiger partial charge is 0.221 e. The quantitative estimate of drug-likeness (QED) is 0.656. The number of sulfone groups is 1. The van der Waals surface area contributed by atoms with Gasteiger partial charge in [0, 0.05) is 12.5 Å². The number of hydrogen-bond acceptors (Lipinski definition) is 4. The van der Waals surface area contributed by atoms with E-state index in [-0.39, 0.29) is 35.5 Å².